The maximum atomic E-state index is 5.79. The molecule has 4 rings (SSSR count). The SMILES string of the molecule is C(=C\c1ncc(-c2cccc(Nc3ccccn3)n2)o1)/c1ccccc1. The molecule has 126 valence electrons. The Kier molecular flexibility index (Phi) is 4.52. The second-order valence-electron chi connectivity index (χ2n) is 5.55. The second kappa shape index (κ2) is 7.44. The van der Waals surface area contributed by atoms with Crippen LogP contribution in [0.15, 0.2) is 83.5 Å². The molecular formula is C21H16N4O. The van der Waals surface area contributed by atoms with Crippen molar-refractivity contribution in [1.29, 1.82) is 0 Å². The Morgan fingerprint density at radius 1 is 0.769 bits per heavy atom. The molecule has 1 N–H and O–H groups in total. The smallest absolute Gasteiger partial charge is 0.219 e. The summed E-state index contributed by atoms with van der Waals surface area (Å²) in [6.07, 6.45) is 7.21. The van der Waals surface area contributed by atoms with E-state index in [9.17, 15) is 0 Å². The molecule has 5 nitrogen and oxygen atoms in total. The average Bonchev–Trinajstić information content (AvgIpc) is 3.17. The van der Waals surface area contributed by atoms with Gasteiger partial charge in [-0.3, -0.25) is 0 Å². The Bertz CT molecular complexity index is 1010. The highest BCUT2D eigenvalue weighted by molar-refractivity contribution is 5.67. The van der Waals surface area contributed by atoms with Crippen LogP contribution in [-0.4, -0.2) is 15.0 Å². The van der Waals surface area contributed by atoms with Crippen molar-refractivity contribution < 1.29 is 4.42 Å². The van der Waals surface area contributed by atoms with Gasteiger partial charge in [0.2, 0.25) is 5.89 Å². The highest BCUT2D eigenvalue weighted by Gasteiger charge is 2.07. The third kappa shape index (κ3) is 3.84. The van der Waals surface area contributed by atoms with Crippen molar-refractivity contribution in [2.24, 2.45) is 0 Å². The molecule has 0 bridgehead atoms. The van der Waals surface area contributed by atoms with Gasteiger partial charge in [-0.1, -0.05) is 42.5 Å². The summed E-state index contributed by atoms with van der Waals surface area (Å²) in [6, 6.07) is 21.4. The lowest BCUT2D eigenvalue weighted by Crippen LogP contribution is -1.95. The van der Waals surface area contributed by atoms with Crippen LogP contribution in [0.1, 0.15) is 11.5 Å². The van der Waals surface area contributed by atoms with Gasteiger partial charge in [-0.2, -0.15) is 0 Å². The largest absolute Gasteiger partial charge is 0.435 e. The number of nitrogens with zero attached hydrogens (tertiary/aromatic N) is 3. The molecule has 0 aliphatic carbocycles. The molecule has 3 aromatic heterocycles. The first kappa shape index (κ1) is 15.8. The minimum absolute atomic E-state index is 0.536. The van der Waals surface area contributed by atoms with Gasteiger partial charge in [0.25, 0.3) is 0 Å². The maximum absolute atomic E-state index is 5.79. The summed E-state index contributed by atoms with van der Waals surface area (Å²) in [5, 5.41) is 3.17. The first-order chi connectivity index (χ1) is 12.9. The number of nitrogens with one attached hydrogen (secondary N) is 1. The predicted molar refractivity (Wildman–Crippen MR) is 103 cm³/mol. The van der Waals surface area contributed by atoms with Gasteiger partial charge in [0.15, 0.2) is 5.76 Å². The number of pyridine rings is 2. The molecule has 3 heterocycles. The van der Waals surface area contributed by atoms with Crippen LogP contribution < -0.4 is 5.32 Å². The summed E-state index contributed by atoms with van der Waals surface area (Å²) in [5.74, 6) is 2.58. The van der Waals surface area contributed by atoms with Gasteiger partial charge < -0.3 is 9.73 Å². The summed E-state index contributed by atoms with van der Waals surface area (Å²) in [7, 11) is 0. The number of aromatic nitrogens is 3. The van der Waals surface area contributed by atoms with E-state index in [-0.39, 0.29) is 0 Å². The van der Waals surface area contributed by atoms with Crippen LogP contribution >= 0.6 is 0 Å². The third-order valence-electron chi connectivity index (χ3n) is 3.66. The highest BCUT2D eigenvalue weighted by Crippen LogP contribution is 2.22. The highest BCUT2D eigenvalue weighted by atomic mass is 16.4. The number of hydrogen-bond acceptors (Lipinski definition) is 5. The Morgan fingerprint density at radius 3 is 2.46 bits per heavy atom. The molecular weight excluding hydrogens is 324 g/mol. The minimum Gasteiger partial charge on any atom is -0.435 e. The molecule has 0 spiro atoms. The van der Waals surface area contributed by atoms with Crippen LogP contribution in [0.3, 0.4) is 0 Å². The lowest BCUT2D eigenvalue weighted by Gasteiger charge is -2.05. The van der Waals surface area contributed by atoms with E-state index in [0.29, 0.717) is 23.2 Å². The fourth-order valence-electron chi connectivity index (χ4n) is 2.42. The van der Waals surface area contributed by atoms with E-state index >= 15 is 0 Å². The average molecular weight is 340 g/mol. The zero-order valence-electron chi connectivity index (χ0n) is 13.9. The molecule has 0 aliphatic heterocycles. The molecule has 4 aromatic rings. The second-order valence-corrected chi connectivity index (χ2v) is 5.55. The summed E-state index contributed by atoms with van der Waals surface area (Å²) in [5.41, 5.74) is 1.80. The number of rotatable bonds is 5. The van der Waals surface area contributed by atoms with Crippen LogP contribution in [0.4, 0.5) is 11.6 Å². The molecule has 0 amide bonds. The van der Waals surface area contributed by atoms with Gasteiger partial charge in [0.1, 0.15) is 17.3 Å². The topological polar surface area (TPSA) is 63.8 Å². The molecule has 0 fully saturated rings. The zero-order valence-corrected chi connectivity index (χ0v) is 13.9. The minimum atomic E-state index is 0.536. The summed E-state index contributed by atoms with van der Waals surface area (Å²) in [4.78, 5) is 13.1. The Hall–Kier alpha value is -3.73. The number of oxazole rings is 1. The molecule has 1 aromatic carbocycles. The van der Waals surface area contributed by atoms with Crippen molar-refractivity contribution in [3.8, 4) is 11.5 Å². The molecule has 5 heteroatoms. The van der Waals surface area contributed by atoms with Crippen LogP contribution in [0, 0.1) is 0 Å². The van der Waals surface area contributed by atoms with E-state index < -0.39 is 0 Å². The van der Waals surface area contributed by atoms with Crippen molar-refractivity contribution >= 4 is 23.8 Å². The third-order valence-corrected chi connectivity index (χ3v) is 3.66. The van der Waals surface area contributed by atoms with Gasteiger partial charge in [-0.05, 0) is 35.9 Å². The molecule has 0 aliphatic rings. The number of benzene rings is 1. The quantitative estimate of drug-likeness (QED) is 0.551. The fourth-order valence-corrected chi connectivity index (χ4v) is 2.42. The van der Waals surface area contributed by atoms with E-state index in [1.165, 1.54) is 0 Å². The summed E-state index contributed by atoms with van der Waals surface area (Å²) in [6.45, 7) is 0. The normalized spacial score (nSPS) is 10.9. The van der Waals surface area contributed by atoms with E-state index in [0.717, 1.165) is 11.4 Å². The number of anilines is 2. The fraction of sp³-hybridized carbons (Fsp3) is 0. The molecule has 0 radical (unpaired) electrons. The molecule has 26 heavy (non-hydrogen) atoms. The monoisotopic (exact) mass is 340 g/mol. The molecule has 0 saturated heterocycles. The van der Waals surface area contributed by atoms with Crippen molar-refractivity contribution in [3.05, 3.63) is 90.6 Å². The predicted octanol–water partition coefficient (Wildman–Crippen LogP) is 5.05. The molecule has 0 saturated carbocycles. The first-order valence-electron chi connectivity index (χ1n) is 8.21. The summed E-state index contributed by atoms with van der Waals surface area (Å²) >= 11 is 0. The molecule has 0 atom stereocenters. The van der Waals surface area contributed by atoms with Gasteiger partial charge in [0, 0.05) is 12.3 Å². The lowest BCUT2D eigenvalue weighted by molar-refractivity contribution is 0.558. The van der Waals surface area contributed by atoms with Gasteiger partial charge in [-0.15, -0.1) is 0 Å². The van der Waals surface area contributed by atoms with Crippen molar-refractivity contribution in [1.82, 2.24) is 15.0 Å². The van der Waals surface area contributed by atoms with Crippen LogP contribution in [0.25, 0.3) is 23.6 Å². The van der Waals surface area contributed by atoms with Crippen LogP contribution in [-0.2, 0) is 0 Å². The molecule has 0 unspecified atom stereocenters. The van der Waals surface area contributed by atoms with Crippen molar-refractivity contribution in [3.63, 3.8) is 0 Å². The van der Waals surface area contributed by atoms with E-state index in [1.54, 1.807) is 12.4 Å². The zero-order chi connectivity index (χ0) is 17.6. The Balaban J connectivity index is 1.52. The van der Waals surface area contributed by atoms with Crippen molar-refractivity contribution in [2.45, 2.75) is 0 Å². The Labute approximate surface area is 151 Å². The lowest BCUT2D eigenvalue weighted by atomic mass is 10.2. The van der Waals surface area contributed by atoms with Gasteiger partial charge in [0.05, 0.1) is 6.20 Å². The van der Waals surface area contributed by atoms with E-state index in [1.807, 2.05) is 78.9 Å². The standard InChI is InChI=1S/C21H16N4O/c1-2-7-16(8-3-1)12-13-21-23-15-18(26-21)17-9-6-11-20(24-17)25-19-10-4-5-14-22-19/h1-15H,(H,22,24,25)/b13-12+. The van der Waals surface area contributed by atoms with Gasteiger partial charge in [-0.25, -0.2) is 15.0 Å². The van der Waals surface area contributed by atoms with Crippen LogP contribution in [0.2, 0.25) is 0 Å². The van der Waals surface area contributed by atoms with E-state index in [2.05, 4.69) is 20.3 Å². The van der Waals surface area contributed by atoms with E-state index in [4.69, 9.17) is 4.42 Å². The Morgan fingerprint density at radius 2 is 1.62 bits per heavy atom. The first-order valence-corrected chi connectivity index (χ1v) is 8.21. The van der Waals surface area contributed by atoms with Gasteiger partial charge >= 0.3 is 0 Å². The van der Waals surface area contributed by atoms with Crippen LogP contribution in [0.5, 0.6) is 0 Å². The van der Waals surface area contributed by atoms with Crippen molar-refractivity contribution in [2.75, 3.05) is 5.32 Å². The number of hydrogen-bond donors (Lipinski definition) is 1. The summed E-state index contributed by atoms with van der Waals surface area (Å²) < 4.78 is 5.79. The maximum Gasteiger partial charge on any atom is 0.219 e.